The van der Waals surface area contributed by atoms with Gasteiger partial charge in [0.05, 0.1) is 19.4 Å². The molecule has 3 amide bonds. The first-order valence-electron chi connectivity index (χ1n) is 8.84. The Balaban J connectivity index is 2.75. The van der Waals surface area contributed by atoms with Gasteiger partial charge < -0.3 is 37.5 Å². The highest BCUT2D eigenvalue weighted by Gasteiger charge is 2.27. The molecular formula is C16H27N7O5. The highest BCUT2D eigenvalue weighted by molar-refractivity contribution is 5.92. The molecular weight excluding hydrogens is 370 g/mol. The summed E-state index contributed by atoms with van der Waals surface area (Å²) in [6.45, 7) is -0.205. The van der Waals surface area contributed by atoms with Crippen LogP contribution in [0, 0.1) is 0 Å². The summed E-state index contributed by atoms with van der Waals surface area (Å²) in [4.78, 5) is 53.8. The first-order chi connectivity index (χ1) is 13.4. The maximum atomic E-state index is 12.6. The van der Waals surface area contributed by atoms with Gasteiger partial charge in [0.25, 0.3) is 0 Å². The molecule has 12 heteroatoms. The van der Waals surface area contributed by atoms with Crippen LogP contribution in [0.2, 0.25) is 0 Å². The third kappa shape index (κ3) is 8.60. The predicted molar refractivity (Wildman–Crippen MR) is 98.8 cm³/mol. The molecule has 28 heavy (non-hydrogen) atoms. The molecule has 2 atom stereocenters. The number of rotatable bonds is 13. The van der Waals surface area contributed by atoms with Crippen LogP contribution < -0.4 is 27.4 Å². The second-order valence-corrected chi connectivity index (χ2v) is 6.07. The molecule has 0 bridgehead atoms. The second-order valence-electron chi connectivity index (χ2n) is 6.07. The first kappa shape index (κ1) is 23.0. The number of H-pyrrole nitrogens is 1. The zero-order chi connectivity index (χ0) is 20.9. The number of aromatic amines is 1. The third-order valence-corrected chi connectivity index (χ3v) is 3.82. The van der Waals surface area contributed by atoms with Crippen molar-refractivity contribution in [1.29, 1.82) is 0 Å². The lowest BCUT2D eigenvalue weighted by Gasteiger charge is -2.21. The Hall–Kier alpha value is -2.99. The Kier molecular flexibility index (Phi) is 10.2. The number of nitrogens with one attached hydrogen (secondary N) is 4. The topological polar surface area (TPSA) is 205 Å². The van der Waals surface area contributed by atoms with E-state index in [1.807, 2.05) is 0 Å². The molecule has 0 saturated carbocycles. The molecule has 156 valence electrons. The number of carbonyl (C=O) groups is 4. The number of carbonyl (C=O) groups excluding carboxylic acids is 3. The normalized spacial score (nSPS) is 12.6. The van der Waals surface area contributed by atoms with E-state index in [1.165, 1.54) is 12.5 Å². The Morgan fingerprint density at radius 3 is 2.43 bits per heavy atom. The van der Waals surface area contributed by atoms with E-state index in [4.69, 9.17) is 11.5 Å². The molecule has 1 rings (SSSR count). The van der Waals surface area contributed by atoms with Gasteiger partial charge in [-0.25, -0.2) is 9.78 Å². The van der Waals surface area contributed by atoms with Crippen molar-refractivity contribution < 1.29 is 24.3 Å². The number of aliphatic carboxylic acids is 1. The van der Waals surface area contributed by atoms with E-state index in [0.29, 0.717) is 25.1 Å². The fourth-order valence-electron chi connectivity index (χ4n) is 2.34. The molecule has 1 aromatic rings. The summed E-state index contributed by atoms with van der Waals surface area (Å²) in [5, 5.41) is 16.5. The van der Waals surface area contributed by atoms with Crippen LogP contribution in [-0.4, -0.2) is 70.5 Å². The molecule has 0 spiro atoms. The summed E-state index contributed by atoms with van der Waals surface area (Å²) in [5.74, 6) is -2.97. The van der Waals surface area contributed by atoms with Gasteiger partial charge in [0.1, 0.15) is 12.1 Å². The van der Waals surface area contributed by atoms with Gasteiger partial charge in [0, 0.05) is 18.3 Å². The summed E-state index contributed by atoms with van der Waals surface area (Å²) in [6, 6.07) is -2.16. The minimum absolute atomic E-state index is 0.0670. The van der Waals surface area contributed by atoms with Gasteiger partial charge in [-0.2, -0.15) is 0 Å². The number of unbranched alkanes of at least 4 members (excludes halogenated alkanes) is 1. The Morgan fingerprint density at radius 2 is 1.86 bits per heavy atom. The smallest absolute Gasteiger partial charge is 0.326 e. The lowest BCUT2D eigenvalue weighted by molar-refractivity contribution is -0.142. The molecule has 2 unspecified atom stereocenters. The van der Waals surface area contributed by atoms with Crippen molar-refractivity contribution in [2.45, 2.75) is 37.8 Å². The summed E-state index contributed by atoms with van der Waals surface area (Å²) >= 11 is 0. The molecule has 0 radical (unpaired) electrons. The van der Waals surface area contributed by atoms with E-state index in [0.717, 1.165) is 0 Å². The Morgan fingerprint density at radius 1 is 1.11 bits per heavy atom. The predicted octanol–water partition coefficient (Wildman–Crippen LogP) is -2.79. The van der Waals surface area contributed by atoms with Gasteiger partial charge in [-0.3, -0.25) is 14.4 Å². The molecule has 0 aliphatic heterocycles. The van der Waals surface area contributed by atoms with E-state index < -0.39 is 35.8 Å². The minimum atomic E-state index is -1.17. The van der Waals surface area contributed by atoms with Crippen LogP contribution >= 0.6 is 0 Å². The maximum Gasteiger partial charge on any atom is 0.326 e. The molecule has 0 aliphatic carbocycles. The molecule has 0 saturated heterocycles. The second kappa shape index (κ2) is 12.4. The molecule has 0 aromatic carbocycles. The standard InChI is InChI=1S/C16H27N7O5/c17-4-2-1-3-11(16(27)28)23-15(26)12(5-10-7-19-9-21-10)22-14(25)8-20-13(24)6-18/h7,9,11-12H,1-6,8,17-18H2,(H,19,21)(H,20,24)(H,22,25)(H,23,26)(H,27,28). The highest BCUT2D eigenvalue weighted by Crippen LogP contribution is 2.04. The van der Waals surface area contributed by atoms with Crippen molar-refractivity contribution in [2.24, 2.45) is 11.5 Å². The molecule has 0 fully saturated rings. The number of carboxylic acid groups (broad SMARTS) is 1. The van der Waals surface area contributed by atoms with Crippen molar-refractivity contribution >= 4 is 23.7 Å². The largest absolute Gasteiger partial charge is 0.480 e. The molecule has 0 aliphatic rings. The average molecular weight is 397 g/mol. The number of amides is 3. The molecule has 12 nitrogen and oxygen atoms in total. The number of carboxylic acids is 1. The molecule has 9 N–H and O–H groups in total. The first-order valence-corrected chi connectivity index (χ1v) is 8.84. The van der Waals surface area contributed by atoms with E-state index >= 15 is 0 Å². The Bertz CT molecular complexity index is 650. The van der Waals surface area contributed by atoms with Crippen molar-refractivity contribution in [1.82, 2.24) is 25.9 Å². The van der Waals surface area contributed by atoms with Crippen LogP contribution in [-0.2, 0) is 25.6 Å². The fraction of sp³-hybridized carbons (Fsp3) is 0.562. The van der Waals surface area contributed by atoms with E-state index in [-0.39, 0.29) is 25.9 Å². The fourth-order valence-corrected chi connectivity index (χ4v) is 2.34. The highest BCUT2D eigenvalue weighted by atomic mass is 16.4. The summed E-state index contributed by atoms with van der Waals surface area (Å²) in [6.07, 6.45) is 4.36. The quantitative estimate of drug-likeness (QED) is 0.173. The number of aromatic nitrogens is 2. The number of hydrogen-bond acceptors (Lipinski definition) is 7. The van der Waals surface area contributed by atoms with Crippen LogP contribution in [0.5, 0.6) is 0 Å². The molecule has 1 aromatic heterocycles. The summed E-state index contributed by atoms with van der Waals surface area (Å²) in [7, 11) is 0. The monoisotopic (exact) mass is 397 g/mol. The maximum absolute atomic E-state index is 12.6. The van der Waals surface area contributed by atoms with Gasteiger partial charge in [0.15, 0.2) is 0 Å². The van der Waals surface area contributed by atoms with Crippen LogP contribution in [0.1, 0.15) is 25.0 Å². The van der Waals surface area contributed by atoms with Gasteiger partial charge in [-0.05, 0) is 25.8 Å². The van der Waals surface area contributed by atoms with Crippen molar-refractivity contribution in [3.8, 4) is 0 Å². The SMILES string of the molecule is NCCCCC(NC(=O)C(Cc1cnc[nH]1)NC(=O)CNC(=O)CN)C(=O)O. The van der Waals surface area contributed by atoms with E-state index in [2.05, 4.69) is 25.9 Å². The van der Waals surface area contributed by atoms with Gasteiger partial charge in [0.2, 0.25) is 17.7 Å². The van der Waals surface area contributed by atoms with Crippen LogP contribution in [0.15, 0.2) is 12.5 Å². The molecule has 1 heterocycles. The Labute approximate surface area is 161 Å². The number of nitrogens with zero attached hydrogens (tertiary/aromatic N) is 1. The van der Waals surface area contributed by atoms with E-state index in [9.17, 15) is 24.3 Å². The average Bonchev–Trinajstić information content (AvgIpc) is 3.17. The summed E-state index contributed by atoms with van der Waals surface area (Å²) in [5.41, 5.74) is 11.1. The van der Waals surface area contributed by atoms with Crippen molar-refractivity contribution in [2.75, 3.05) is 19.6 Å². The van der Waals surface area contributed by atoms with Crippen LogP contribution in [0.25, 0.3) is 0 Å². The van der Waals surface area contributed by atoms with Gasteiger partial charge in [-0.1, -0.05) is 0 Å². The lowest BCUT2D eigenvalue weighted by Crippen LogP contribution is -2.54. The third-order valence-electron chi connectivity index (χ3n) is 3.82. The number of imidazole rings is 1. The lowest BCUT2D eigenvalue weighted by atomic mass is 10.1. The zero-order valence-electron chi connectivity index (χ0n) is 15.4. The van der Waals surface area contributed by atoms with Gasteiger partial charge >= 0.3 is 5.97 Å². The van der Waals surface area contributed by atoms with E-state index in [1.54, 1.807) is 0 Å². The number of hydrogen-bond donors (Lipinski definition) is 7. The summed E-state index contributed by atoms with van der Waals surface area (Å²) < 4.78 is 0. The van der Waals surface area contributed by atoms with Crippen LogP contribution in [0.3, 0.4) is 0 Å². The van der Waals surface area contributed by atoms with Gasteiger partial charge in [-0.15, -0.1) is 0 Å². The van der Waals surface area contributed by atoms with Crippen molar-refractivity contribution in [3.05, 3.63) is 18.2 Å². The number of nitrogens with two attached hydrogens (primary N) is 2. The van der Waals surface area contributed by atoms with Crippen LogP contribution in [0.4, 0.5) is 0 Å². The zero-order valence-corrected chi connectivity index (χ0v) is 15.4. The van der Waals surface area contributed by atoms with Crippen molar-refractivity contribution in [3.63, 3.8) is 0 Å². The minimum Gasteiger partial charge on any atom is -0.480 e.